The highest BCUT2D eigenvalue weighted by molar-refractivity contribution is 5.70. The monoisotopic (exact) mass is 260 g/mol. The zero-order valence-corrected chi connectivity index (χ0v) is 10.1. The van der Waals surface area contributed by atoms with E-state index in [1.807, 2.05) is 0 Å². The van der Waals surface area contributed by atoms with Gasteiger partial charge >= 0.3 is 0 Å². The van der Waals surface area contributed by atoms with Gasteiger partial charge in [-0.2, -0.15) is 0 Å². The van der Waals surface area contributed by atoms with Crippen molar-refractivity contribution in [3.63, 3.8) is 0 Å². The third kappa shape index (κ3) is 1.81. The van der Waals surface area contributed by atoms with Crippen LogP contribution in [0.2, 0.25) is 0 Å². The Morgan fingerprint density at radius 3 is 2.79 bits per heavy atom. The number of fused-ring (bicyclic) bond motifs is 1. The number of imidazole rings is 1. The normalized spacial score (nSPS) is 10.9. The topological polar surface area (TPSA) is 42.2 Å². The predicted octanol–water partition coefficient (Wildman–Crippen LogP) is 2.72. The van der Waals surface area contributed by atoms with E-state index in [2.05, 4.69) is 15.3 Å². The highest BCUT2D eigenvalue weighted by Crippen LogP contribution is 2.25. The van der Waals surface area contributed by atoms with Crippen LogP contribution in [0.25, 0.3) is 16.9 Å². The number of anilines is 1. The molecule has 0 bridgehead atoms. The van der Waals surface area contributed by atoms with Gasteiger partial charge in [0.25, 0.3) is 0 Å². The van der Waals surface area contributed by atoms with E-state index in [-0.39, 0.29) is 0 Å². The maximum Gasteiger partial charge on any atom is 0.180 e. The molecule has 0 aliphatic heterocycles. The molecule has 0 radical (unpaired) electrons. The minimum Gasteiger partial charge on any atom is -0.370 e. The minimum atomic E-state index is -0.621. The van der Waals surface area contributed by atoms with Crippen LogP contribution in [0.15, 0.2) is 36.8 Å². The Morgan fingerprint density at radius 1 is 1.21 bits per heavy atom. The fourth-order valence-corrected chi connectivity index (χ4v) is 1.99. The first-order valence-corrected chi connectivity index (χ1v) is 5.66. The number of aromatic nitrogens is 3. The highest BCUT2D eigenvalue weighted by atomic mass is 19.1. The molecule has 0 saturated heterocycles. The molecule has 0 unspecified atom stereocenters. The van der Waals surface area contributed by atoms with Gasteiger partial charge in [-0.05, 0) is 12.1 Å². The minimum absolute atomic E-state index is 0.294. The summed E-state index contributed by atoms with van der Waals surface area (Å²) in [6.07, 6.45) is 4.81. The van der Waals surface area contributed by atoms with E-state index in [1.165, 1.54) is 18.3 Å². The average molecular weight is 260 g/mol. The molecule has 0 fully saturated rings. The molecule has 0 aliphatic carbocycles. The van der Waals surface area contributed by atoms with Crippen LogP contribution < -0.4 is 5.32 Å². The molecule has 0 saturated carbocycles. The summed E-state index contributed by atoms with van der Waals surface area (Å²) in [7, 11) is 1.73. The number of rotatable bonds is 2. The number of hydrogen-bond acceptors (Lipinski definition) is 3. The Hall–Kier alpha value is -2.50. The number of hydrogen-bond donors (Lipinski definition) is 1. The van der Waals surface area contributed by atoms with Crippen LogP contribution >= 0.6 is 0 Å². The fourth-order valence-electron chi connectivity index (χ4n) is 1.99. The summed E-state index contributed by atoms with van der Waals surface area (Å²) in [4.78, 5) is 8.33. The second kappa shape index (κ2) is 4.31. The van der Waals surface area contributed by atoms with Gasteiger partial charge in [0.15, 0.2) is 11.5 Å². The summed E-state index contributed by atoms with van der Waals surface area (Å²) >= 11 is 0. The molecule has 0 spiro atoms. The van der Waals surface area contributed by atoms with Crippen molar-refractivity contribution in [3.05, 3.63) is 48.4 Å². The molecule has 1 aromatic carbocycles. The number of benzene rings is 1. The van der Waals surface area contributed by atoms with Crippen molar-refractivity contribution in [2.24, 2.45) is 0 Å². The molecule has 3 aromatic rings. The Bertz CT molecular complexity index is 751. The molecule has 0 aliphatic rings. The van der Waals surface area contributed by atoms with Gasteiger partial charge < -0.3 is 5.32 Å². The van der Waals surface area contributed by atoms with Gasteiger partial charge in [0.2, 0.25) is 0 Å². The Morgan fingerprint density at radius 2 is 2.05 bits per heavy atom. The maximum atomic E-state index is 13.8. The third-order valence-electron chi connectivity index (χ3n) is 2.87. The molecule has 0 amide bonds. The number of halogens is 2. The van der Waals surface area contributed by atoms with Crippen LogP contribution in [0.4, 0.5) is 14.6 Å². The van der Waals surface area contributed by atoms with Crippen LogP contribution in [0.1, 0.15) is 0 Å². The van der Waals surface area contributed by atoms with Crippen molar-refractivity contribution in [2.75, 3.05) is 12.4 Å². The molecule has 0 atom stereocenters. The predicted molar refractivity (Wildman–Crippen MR) is 67.9 cm³/mol. The van der Waals surface area contributed by atoms with E-state index in [9.17, 15) is 8.78 Å². The van der Waals surface area contributed by atoms with Crippen LogP contribution in [0.3, 0.4) is 0 Å². The van der Waals surface area contributed by atoms with Crippen LogP contribution in [-0.2, 0) is 0 Å². The second-order valence-electron chi connectivity index (χ2n) is 3.99. The van der Waals surface area contributed by atoms with Crippen molar-refractivity contribution in [1.82, 2.24) is 14.4 Å². The first-order chi connectivity index (χ1) is 9.20. The first kappa shape index (κ1) is 11.6. The Kier molecular flexibility index (Phi) is 2.63. The van der Waals surface area contributed by atoms with E-state index in [4.69, 9.17) is 0 Å². The lowest BCUT2D eigenvalue weighted by molar-refractivity contribution is 0.585. The van der Waals surface area contributed by atoms with E-state index in [0.717, 1.165) is 6.07 Å². The van der Waals surface area contributed by atoms with Crippen molar-refractivity contribution in [1.29, 1.82) is 0 Å². The molecule has 6 heteroatoms. The molecule has 96 valence electrons. The Balaban J connectivity index is 2.26. The quantitative estimate of drug-likeness (QED) is 0.770. The van der Waals surface area contributed by atoms with Crippen molar-refractivity contribution in [3.8, 4) is 11.3 Å². The van der Waals surface area contributed by atoms with E-state index in [0.29, 0.717) is 22.7 Å². The number of nitrogens with zero attached hydrogens (tertiary/aromatic N) is 3. The molecular weight excluding hydrogens is 250 g/mol. The summed E-state index contributed by atoms with van der Waals surface area (Å²) in [6.45, 7) is 0. The standard InChI is InChI=1S/C13H10F2N4/c1-16-12-13-18-7-11(19(13)5-4-17-12)9-3-2-8(14)6-10(9)15/h2-7H,1H3,(H,16,17). The zero-order chi connectivity index (χ0) is 13.4. The van der Waals surface area contributed by atoms with E-state index < -0.39 is 11.6 Å². The largest absolute Gasteiger partial charge is 0.370 e. The molecule has 4 nitrogen and oxygen atoms in total. The summed E-state index contributed by atoms with van der Waals surface area (Å²) in [5.41, 5.74) is 1.43. The molecule has 19 heavy (non-hydrogen) atoms. The highest BCUT2D eigenvalue weighted by Gasteiger charge is 2.13. The zero-order valence-electron chi connectivity index (χ0n) is 10.1. The maximum absolute atomic E-state index is 13.8. The van der Waals surface area contributed by atoms with Crippen LogP contribution in [0, 0.1) is 11.6 Å². The van der Waals surface area contributed by atoms with E-state index >= 15 is 0 Å². The first-order valence-electron chi connectivity index (χ1n) is 5.66. The van der Waals surface area contributed by atoms with Gasteiger partial charge in [0.1, 0.15) is 11.6 Å². The smallest absolute Gasteiger partial charge is 0.180 e. The van der Waals surface area contributed by atoms with Gasteiger partial charge in [0.05, 0.1) is 11.9 Å². The van der Waals surface area contributed by atoms with Crippen molar-refractivity contribution in [2.45, 2.75) is 0 Å². The lowest BCUT2D eigenvalue weighted by atomic mass is 10.1. The number of nitrogens with one attached hydrogen (secondary N) is 1. The summed E-state index contributed by atoms with van der Waals surface area (Å²) in [6, 6.07) is 3.47. The average Bonchev–Trinajstić information content (AvgIpc) is 2.82. The third-order valence-corrected chi connectivity index (χ3v) is 2.87. The summed E-state index contributed by atoms with van der Waals surface area (Å²) < 4.78 is 28.5. The van der Waals surface area contributed by atoms with Crippen LogP contribution in [0.5, 0.6) is 0 Å². The summed E-state index contributed by atoms with van der Waals surface area (Å²) in [5, 5.41) is 2.91. The van der Waals surface area contributed by atoms with E-state index in [1.54, 1.807) is 23.8 Å². The van der Waals surface area contributed by atoms with Crippen molar-refractivity contribution < 1.29 is 8.78 Å². The molecule has 1 N–H and O–H groups in total. The van der Waals surface area contributed by atoms with Crippen molar-refractivity contribution >= 4 is 11.5 Å². The van der Waals surface area contributed by atoms with Gasteiger partial charge in [-0.25, -0.2) is 18.7 Å². The van der Waals surface area contributed by atoms with Crippen LogP contribution in [-0.4, -0.2) is 21.4 Å². The molecule has 3 rings (SSSR count). The van der Waals surface area contributed by atoms with Gasteiger partial charge in [-0.3, -0.25) is 4.40 Å². The van der Waals surface area contributed by atoms with Gasteiger partial charge in [-0.15, -0.1) is 0 Å². The lowest BCUT2D eigenvalue weighted by Crippen LogP contribution is -1.98. The lowest BCUT2D eigenvalue weighted by Gasteiger charge is -2.05. The molecule has 2 heterocycles. The summed E-state index contributed by atoms with van der Waals surface area (Å²) in [5.74, 6) is -0.631. The molecular formula is C13H10F2N4. The SMILES string of the molecule is CNc1nccn2c(-c3ccc(F)cc3F)cnc12. The van der Waals surface area contributed by atoms with Gasteiger partial charge in [-0.1, -0.05) is 0 Å². The molecule has 2 aromatic heterocycles. The van der Waals surface area contributed by atoms with Gasteiger partial charge in [0, 0.05) is 31.1 Å². The second-order valence-corrected chi connectivity index (χ2v) is 3.99. The Labute approximate surface area is 107 Å². The fraction of sp³-hybridized carbons (Fsp3) is 0.0769.